The lowest BCUT2D eigenvalue weighted by atomic mass is 10.0. The van der Waals surface area contributed by atoms with Crippen LogP contribution in [0.15, 0.2) is 59.7 Å². The molecule has 1 saturated heterocycles. The van der Waals surface area contributed by atoms with Crippen LogP contribution in [0.3, 0.4) is 0 Å². The smallest absolute Gasteiger partial charge is 0.326 e. The van der Waals surface area contributed by atoms with E-state index in [9.17, 15) is 29.1 Å². The minimum Gasteiger partial charge on any atom is -0.491 e. The van der Waals surface area contributed by atoms with Gasteiger partial charge in [-0.1, -0.05) is 42.5 Å². The highest BCUT2D eigenvalue weighted by molar-refractivity contribution is 5.96. The first kappa shape index (κ1) is 37.9. The molecule has 2 aromatic carbocycles. The predicted molar refractivity (Wildman–Crippen MR) is 178 cm³/mol. The van der Waals surface area contributed by atoms with Crippen molar-refractivity contribution in [3.63, 3.8) is 0 Å². The van der Waals surface area contributed by atoms with Crippen molar-refractivity contribution in [1.29, 1.82) is 5.53 Å². The van der Waals surface area contributed by atoms with Crippen LogP contribution in [0.1, 0.15) is 37.3 Å². The molecule has 3 rings (SSSR count). The monoisotopic (exact) mass is 675 g/mol. The van der Waals surface area contributed by atoms with E-state index in [0.717, 1.165) is 5.56 Å². The van der Waals surface area contributed by atoms with Crippen molar-refractivity contribution >= 4 is 29.6 Å². The van der Waals surface area contributed by atoms with Crippen molar-refractivity contribution < 1.29 is 33.8 Å². The van der Waals surface area contributed by atoms with Crippen LogP contribution < -0.4 is 30.9 Å². The largest absolute Gasteiger partial charge is 0.491 e. The van der Waals surface area contributed by atoms with Crippen LogP contribution in [0.5, 0.6) is 5.75 Å². The molecule has 1 aliphatic rings. The third-order valence-corrected chi connectivity index (χ3v) is 8.03. The summed E-state index contributed by atoms with van der Waals surface area (Å²) in [5.74, 6) is -0.543. The molecule has 1 fully saturated rings. The number of amides is 4. The number of nitrogens with one attached hydrogen (secondary N) is 5. The number of carbonyl (C=O) groups excluding carboxylic acids is 4. The summed E-state index contributed by atoms with van der Waals surface area (Å²) in [5, 5.41) is 24.3. The van der Waals surface area contributed by atoms with Crippen molar-refractivity contribution in [2.45, 2.75) is 69.2 Å². The zero-order valence-electron chi connectivity index (χ0n) is 27.6. The summed E-state index contributed by atoms with van der Waals surface area (Å²) in [7, 11) is 1.61. The van der Waals surface area contributed by atoms with Gasteiger partial charge in [0, 0.05) is 25.8 Å². The van der Waals surface area contributed by atoms with Crippen molar-refractivity contribution in [3.05, 3.63) is 65.7 Å². The molecular formula is C34H43N8O7+. The zero-order chi connectivity index (χ0) is 35.8. The van der Waals surface area contributed by atoms with E-state index in [1.165, 1.54) is 4.90 Å². The number of carboxylic acids is 1. The number of carbonyl (C=O) groups is 5. The molecule has 0 aromatic heterocycles. The molecular weight excluding hydrogens is 632 g/mol. The summed E-state index contributed by atoms with van der Waals surface area (Å²) >= 11 is 0. The normalized spacial score (nSPS) is 16.1. The molecule has 0 saturated carbocycles. The van der Waals surface area contributed by atoms with Gasteiger partial charge in [0.1, 0.15) is 47.2 Å². The Morgan fingerprint density at radius 3 is 2.29 bits per heavy atom. The third-order valence-electron chi connectivity index (χ3n) is 8.03. The van der Waals surface area contributed by atoms with Gasteiger partial charge < -0.3 is 36.0 Å². The first-order valence-corrected chi connectivity index (χ1v) is 15.9. The fourth-order valence-electron chi connectivity index (χ4n) is 5.26. The fourth-order valence-corrected chi connectivity index (χ4v) is 5.26. The number of hydrogen-bond acceptors (Lipinski definition) is 9. The number of likely N-dealkylation sites (tertiary alicyclic amines) is 1. The Labute approximate surface area is 284 Å². The lowest BCUT2D eigenvalue weighted by molar-refractivity contribution is -0.143. The van der Waals surface area contributed by atoms with Gasteiger partial charge in [0.2, 0.25) is 28.5 Å². The Bertz CT molecular complexity index is 1540. The maximum atomic E-state index is 13.7. The summed E-state index contributed by atoms with van der Waals surface area (Å²) in [5.41, 5.74) is 8.02. The minimum atomic E-state index is -1.32. The van der Waals surface area contributed by atoms with Gasteiger partial charge in [0.05, 0.1) is 6.04 Å². The highest BCUT2D eigenvalue weighted by Crippen LogP contribution is 2.20. The van der Waals surface area contributed by atoms with Gasteiger partial charge in [-0.05, 0) is 50.1 Å². The molecule has 1 aliphatic heterocycles. The molecule has 49 heavy (non-hydrogen) atoms. The van der Waals surface area contributed by atoms with E-state index >= 15 is 0 Å². The number of carboxylic acid groups (broad SMARTS) is 1. The summed E-state index contributed by atoms with van der Waals surface area (Å²) in [6.07, 6.45) is 6.28. The van der Waals surface area contributed by atoms with Crippen LogP contribution in [-0.4, -0.2) is 96.6 Å². The van der Waals surface area contributed by atoms with E-state index in [4.69, 9.17) is 16.7 Å². The lowest BCUT2D eigenvalue weighted by Crippen LogP contribution is -2.58. The van der Waals surface area contributed by atoms with Crippen LogP contribution in [0, 0.1) is 17.9 Å². The van der Waals surface area contributed by atoms with E-state index in [1.807, 2.05) is 0 Å². The molecule has 5 atom stereocenters. The van der Waals surface area contributed by atoms with Gasteiger partial charge in [-0.3, -0.25) is 19.2 Å². The quantitative estimate of drug-likeness (QED) is 0.0567. The highest BCUT2D eigenvalue weighted by atomic mass is 16.5. The SMILES string of the molecule is C#CC[C@H](NC(=O)[C@H](C)NC)C(=O)N1CCC[C@H]1C(=O)N[C@@H](Cc1ccccc1)C(=O)N[C@@H](Cc1ccc(OCCN=[N+]=N)cc1)C(=O)O. The van der Waals surface area contributed by atoms with Crippen LogP contribution in [0.4, 0.5) is 0 Å². The standard InChI is InChI=1S/C34H42N8O7/c1-4-9-26(38-30(43)22(2)36-3)33(46)42-18-8-12-29(42)32(45)39-27(20-23-10-6-5-7-11-23)31(44)40-28(34(47)48)21-24-13-15-25(16-14-24)49-19-17-37-41-35/h1,5-7,10-11,13-16,22,26-29,35-36H,8-9,12,17-21H2,2-3H3,(H3-,38,39,40,43,44,45,47,48)/p+1/t22-,26-,27-,28-,29-/m0/s1. The first-order valence-electron chi connectivity index (χ1n) is 15.9. The van der Waals surface area contributed by atoms with E-state index in [1.54, 1.807) is 68.6 Å². The minimum absolute atomic E-state index is 0.0419. The molecule has 15 nitrogen and oxygen atoms in total. The molecule has 0 aliphatic carbocycles. The van der Waals surface area contributed by atoms with E-state index in [2.05, 4.69) is 37.2 Å². The number of likely N-dealkylation sites (N-methyl/N-ethyl adjacent to an activating group) is 1. The van der Waals surface area contributed by atoms with Crippen molar-refractivity contribution in [2.75, 3.05) is 26.7 Å². The molecule has 0 radical (unpaired) electrons. The molecule has 0 bridgehead atoms. The van der Waals surface area contributed by atoms with Gasteiger partial charge in [-0.15, -0.1) is 12.3 Å². The van der Waals surface area contributed by atoms with Gasteiger partial charge in [-0.2, -0.15) is 0 Å². The second kappa shape index (κ2) is 19.3. The second-order valence-corrected chi connectivity index (χ2v) is 11.5. The Hall–Kier alpha value is -5.58. The molecule has 1 heterocycles. The Morgan fingerprint density at radius 1 is 1.00 bits per heavy atom. The van der Waals surface area contributed by atoms with Crippen molar-refractivity contribution in [3.8, 4) is 18.1 Å². The van der Waals surface area contributed by atoms with Crippen LogP contribution in [0.25, 0.3) is 0 Å². The Kier molecular flexibility index (Phi) is 14.9. The van der Waals surface area contributed by atoms with E-state index in [0.29, 0.717) is 24.2 Å². The highest BCUT2D eigenvalue weighted by Gasteiger charge is 2.39. The van der Waals surface area contributed by atoms with Crippen LogP contribution in [-0.2, 0) is 36.8 Å². The molecule has 0 spiro atoms. The van der Waals surface area contributed by atoms with Gasteiger partial charge in [0.25, 0.3) is 0 Å². The topological polar surface area (TPSA) is 216 Å². The molecule has 260 valence electrons. The molecule has 4 amide bonds. The first-order chi connectivity index (χ1) is 23.6. The third kappa shape index (κ3) is 11.6. The Balaban J connectivity index is 1.75. The van der Waals surface area contributed by atoms with Gasteiger partial charge in [-0.25, -0.2) is 4.79 Å². The van der Waals surface area contributed by atoms with Crippen molar-refractivity contribution in [2.24, 2.45) is 5.11 Å². The summed E-state index contributed by atoms with van der Waals surface area (Å²) in [6, 6.07) is 10.6. The zero-order valence-corrected chi connectivity index (χ0v) is 27.6. The van der Waals surface area contributed by atoms with Crippen LogP contribution in [0.2, 0.25) is 0 Å². The summed E-state index contributed by atoms with van der Waals surface area (Å²) in [4.78, 5) is 69.9. The van der Waals surface area contributed by atoms with E-state index in [-0.39, 0.29) is 39.0 Å². The Morgan fingerprint density at radius 2 is 1.65 bits per heavy atom. The maximum absolute atomic E-state index is 13.7. The number of hydrogen-bond donors (Lipinski definition) is 6. The number of ether oxygens (including phenoxy) is 1. The fraction of sp³-hybridized carbons (Fsp3) is 0.441. The van der Waals surface area contributed by atoms with Crippen molar-refractivity contribution in [1.82, 2.24) is 31.1 Å². The van der Waals surface area contributed by atoms with Crippen LogP contribution >= 0.6 is 0 Å². The number of terminal acetylenes is 1. The number of benzene rings is 2. The maximum Gasteiger partial charge on any atom is 0.326 e. The molecule has 15 heteroatoms. The number of rotatable bonds is 18. The average molecular weight is 676 g/mol. The predicted octanol–water partition coefficient (Wildman–Crippen LogP) is 0.562. The number of aliphatic carboxylic acids is 1. The summed E-state index contributed by atoms with van der Waals surface area (Å²) < 4.78 is 5.51. The number of nitrogens with zero attached hydrogens (tertiary/aromatic N) is 3. The molecule has 2 aromatic rings. The average Bonchev–Trinajstić information content (AvgIpc) is 3.60. The molecule has 0 unspecified atom stereocenters. The second-order valence-electron chi connectivity index (χ2n) is 11.5. The molecule has 6 N–H and O–H groups in total. The van der Waals surface area contributed by atoms with Gasteiger partial charge >= 0.3 is 5.97 Å². The van der Waals surface area contributed by atoms with Gasteiger partial charge in [0.15, 0.2) is 6.54 Å². The lowest BCUT2D eigenvalue weighted by Gasteiger charge is -2.30. The summed E-state index contributed by atoms with van der Waals surface area (Å²) in [6.45, 7) is 2.33. The van der Waals surface area contributed by atoms with E-state index < -0.39 is 59.8 Å².